The summed E-state index contributed by atoms with van der Waals surface area (Å²) in [5, 5.41) is 6.93. The predicted molar refractivity (Wildman–Crippen MR) is 103 cm³/mol. The zero-order valence-electron chi connectivity index (χ0n) is 16.3. The molecule has 2 aromatic rings. The maximum atomic E-state index is 13.8. The standard InChI is InChI=1S/C20H26FN5O2/c1-3-26-18(12-15(2)23-26)20(28)22-13-19(27)25-10-8-24(9-11-25)14-16-6-4-5-7-17(16)21/h4-7,12H,3,8-11,13-14H2,1-2H3,(H,22,28). The topological polar surface area (TPSA) is 70.5 Å². The second-order valence-corrected chi connectivity index (χ2v) is 6.92. The largest absolute Gasteiger partial charge is 0.342 e. The molecule has 0 atom stereocenters. The van der Waals surface area contributed by atoms with Crippen LogP contribution in [0.25, 0.3) is 0 Å². The van der Waals surface area contributed by atoms with Gasteiger partial charge in [0.25, 0.3) is 5.91 Å². The number of piperazine rings is 1. The van der Waals surface area contributed by atoms with Crippen molar-refractivity contribution in [2.75, 3.05) is 32.7 Å². The second-order valence-electron chi connectivity index (χ2n) is 6.92. The molecular formula is C20H26FN5O2. The van der Waals surface area contributed by atoms with Crippen molar-refractivity contribution in [3.8, 4) is 0 Å². The number of benzene rings is 1. The summed E-state index contributed by atoms with van der Waals surface area (Å²) in [6.07, 6.45) is 0. The third kappa shape index (κ3) is 4.75. The fourth-order valence-corrected chi connectivity index (χ4v) is 3.35. The van der Waals surface area contributed by atoms with Crippen LogP contribution in [-0.4, -0.2) is 64.1 Å². The first-order valence-electron chi connectivity index (χ1n) is 9.54. The lowest BCUT2D eigenvalue weighted by Gasteiger charge is -2.34. The number of halogens is 1. The Hall–Kier alpha value is -2.74. The van der Waals surface area contributed by atoms with Crippen molar-refractivity contribution in [1.82, 2.24) is 24.9 Å². The van der Waals surface area contributed by atoms with Crippen molar-refractivity contribution in [3.63, 3.8) is 0 Å². The number of aromatic nitrogens is 2. The first-order chi connectivity index (χ1) is 13.5. The maximum absolute atomic E-state index is 13.8. The molecule has 2 amide bonds. The van der Waals surface area contributed by atoms with Gasteiger partial charge >= 0.3 is 0 Å². The Morgan fingerprint density at radius 3 is 2.57 bits per heavy atom. The highest BCUT2D eigenvalue weighted by Gasteiger charge is 2.22. The Labute approximate surface area is 164 Å². The maximum Gasteiger partial charge on any atom is 0.269 e. The monoisotopic (exact) mass is 387 g/mol. The number of amides is 2. The highest BCUT2D eigenvalue weighted by Crippen LogP contribution is 2.12. The molecule has 0 spiro atoms. The first kappa shape index (κ1) is 20.0. The molecule has 7 nitrogen and oxygen atoms in total. The molecule has 150 valence electrons. The first-order valence-corrected chi connectivity index (χ1v) is 9.54. The Morgan fingerprint density at radius 1 is 1.18 bits per heavy atom. The number of hydrogen-bond acceptors (Lipinski definition) is 4. The molecule has 1 aromatic carbocycles. The van der Waals surface area contributed by atoms with Crippen molar-refractivity contribution >= 4 is 11.8 Å². The molecule has 1 N–H and O–H groups in total. The summed E-state index contributed by atoms with van der Waals surface area (Å²) in [5.41, 5.74) is 1.89. The summed E-state index contributed by atoms with van der Waals surface area (Å²) in [5.74, 6) is -0.613. The number of hydrogen-bond donors (Lipinski definition) is 1. The van der Waals surface area contributed by atoms with E-state index >= 15 is 0 Å². The molecule has 1 aliphatic heterocycles. The highest BCUT2D eigenvalue weighted by atomic mass is 19.1. The SMILES string of the molecule is CCn1nc(C)cc1C(=O)NCC(=O)N1CCN(Cc2ccccc2F)CC1. The van der Waals surface area contributed by atoms with E-state index in [1.165, 1.54) is 6.07 Å². The van der Waals surface area contributed by atoms with Crippen LogP contribution >= 0.6 is 0 Å². The quantitative estimate of drug-likeness (QED) is 0.814. The summed E-state index contributed by atoms with van der Waals surface area (Å²) in [6.45, 7) is 7.31. The van der Waals surface area contributed by atoms with E-state index in [4.69, 9.17) is 0 Å². The van der Waals surface area contributed by atoms with Crippen LogP contribution in [0.1, 0.15) is 28.7 Å². The van der Waals surface area contributed by atoms with Crippen LogP contribution in [0.2, 0.25) is 0 Å². The van der Waals surface area contributed by atoms with Gasteiger partial charge in [-0.1, -0.05) is 18.2 Å². The van der Waals surface area contributed by atoms with Gasteiger partial charge in [-0.15, -0.1) is 0 Å². The van der Waals surface area contributed by atoms with Gasteiger partial charge < -0.3 is 10.2 Å². The lowest BCUT2D eigenvalue weighted by atomic mass is 10.2. The van der Waals surface area contributed by atoms with Crippen molar-refractivity contribution in [1.29, 1.82) is 0 Å². The second kappa shape index (κ2) is 8.97. The Balaban J connectivity index is 1.46. The van der Waals surface area contributed by atoms with E-state index in [0.717, 1.165) is 5.69 Å². The van der Waals surface area contributed by atoms with Crippen LogP contribution in [0.4, 0.5) is 4.39 Å². The Morgan fingerprint density at radius 2 is 1.89 bits per heavy atom. The minimum Gasteiger partial charge on any atom is -0.342 e. The number of rotatable bonds is 6. The molecule has 1 aromatic heterocycles. The number of aryl methyl sites for hydroxylation is 2. The fraction of sp³-hybridized carbons (Fsp3) is 0.450. The van der Waals surface area contributed by atoms with Gasteiger partial charge in [-0.3, -0.25) is 19.2 Å². The number of nitrogens with zero attached hydrogens (tertiary/aromatic N) is 4. The van der Waals surface area contributed by atoms with Gasteiger partial charge in [-0.2, -0.15) is 5.10 Å². The van der Waals surface area contributed by atoms with E-state index in [-0.39, 0.29) is 24.2 Å². The van der Waals surface area contributed by atoms with E-state index in [0.29, 0.717) is 50.5 Å². The van der Waals surface area contributed by atoms with Gasteiger partial charge in [-0.05, 0) is 26.0 Å². The molecular weight excluding hydrogens is 361 g/mol. The molecule has 0 saturated carbocycles. The van der Waals surface area contributed by atoms with E-state index < -0.39 is 0 Å². The highest BCUT2D eigenvalue weighted by molar-refractivity contribution is 5.95. The number of carbonyl (C=O) groups is 2. The minimum atomic E-state index is -0.297. The van der Waals surface area contributed by atoms with Crippen molar-refractivity contribution in [2.24, 2.45) is 0 Å². The van der Waals surface area contributed by atoms with Gasteiger partial charge in [0.15, 0.2) is 0 Å². The van der Waals surface area contributed by atoms with Gasteiger partial charge in [0.05, 0.1) is 12.2 Å². The molecule has 3 rings (SSSR count). The van der Waals surface area contributed by atoms with Crippen LogP contribution in [-0.2, 0) is 17.9 Å². The summed E-state index contributed by atoms with van der Waals surface area (Å²) in [6, 6.07) is 8.46. The molecule has 1 fully saturated rings. The lowest BCUT2D eigenvalue weighted by molar-refractivity contribution is -0.131. The predicted octanol–water partition coefficient (Wildman–Crippen LogP) is 1.42. The van der Waals surface area contributed by atoms with E-state index in [1.54, 1.807) is 27.8 Å². The van der Waals surface area contributed by atoms with Crippen LogP contribution < -0.4 is 5.32 Å². The van der Waals surface area contributed by atoms with E-state index in [2.05, 4.69) is 15.3 Å². The molecule has 8 heteroatoms. The zero-order valence-corrected chi connectivity index (χ0v) is 16.3. The molecule has 0 bridgehead atoms. The number of nitrogens with one attached hydrogen (secondary N) is 1. The van der Waals surface area contributed by atoms with Crippen LogP contribution in [0, 0.1) is 12.7 Å². The van der Waals surface area contributed by atoms with E-state index in [1.807, 2.05) is 19.9 Å². The molecule has 0 aliphatic carbocycles. The van der Waals surface area contributed by atoms with Gasteiger partial charge in [0.1, 0.15) is 11.5 Å². The zero-order chi connectivity index (χ0) is 20.1. The third-order valence-corrected chi connectivity index (χ3v) is 4.91. The van der Waals surface area contributed by atoms with Crippen molar-refractivity contribution in [3.05, 3.63) is 53.1 Å². The van der Waals surface area contributed by atoms with Gasteiger partial charge in [-0.25, -0.2) is 4.39 Å². The third-order valence-electron chi connectivity index (χ3n) is 4.91. The van der Waals surface area contributed by atoms with Crippen molar-refractivity contribution < 1.29 is 14.0 Å². The van der Waals surface area contributed by atoms with Gasteiger partial charge in [0.2, 0.25) is 5.91 Å². The normalized spacial score (nSPS) is 14.9. The minimum absolute atomic E-state index is 0.0416. The fourth-order valence-electron chi connectivity index (χ4n) is 3.35. The Kier molecular flexibility index (Phi) is 6.41. The van der Waals surface area contributed by atoms with Crippen LogP contribution in [0.15, 0.2) is 30.3 Å². The average Bonchev–Trinajstić information content (AvgIpc) is 3.09. The van der Waals surface area contributed by atoms with Crippen LogP contribution in [0.5, 0.6) is 0 Å². The summed E-state index contributed by atoms with van der Waals surface area (Å²) in [7, 11) is 0. The summed E-state index contributed by atoms with van der Waals surface area (Å²) >= 11 is 0. The molecule has 1 saturated heterocycles. The smallest absolute Gasteiger partial charge is 0.269 e. The average molecular weight is 387 g/mol. The molecule has 1 aliphatic rings. The van der Waals surface area contributed by atoms with Crippen molar-refractivity contribution in [2.45, 2.75) is 26.9 Å². The van der Waals surface area contributed by atoms with E-state index in [9.17, 15) is 14.0 Å². The molecule has 0 radical (unpaired) electrons. The molecule has 0 unspecified atom stereocenters. The molecule has 2 heterocycles. The Bertz CT molecular complexity index is 843. The molecule has 28 heavy (non-hydrogen) atoms. The van der Waals surface area contributed by atoms with Crippen LogP contribution in [0.3, 0.4) is 0 Å². The lowest BCUT2D eigenvalue weighted by Crippen LogP contribution is -2.51. The summed E-state index contributed by atoms with van der Waals surface area (Å²) in [4.78, 5) is 28.6. The summed E-state index contributed by atoms with van der Waals surface area (Å²) < 4.78 is 15.4. The number of carbonyl (C=O) groups excluding carboxylic acids is 2. The van der Waals surface area contributed by atoms with Gasteiger partial charge in [0, 0.05) is 44.8 Å².